The molecule has 0 spiro atoms. The first-order valence-electron chi connectivity index (χ1n) is 10.3. The Morgan fingerprint density at radius 3 is 3.04 bits per heavy atom. The van der Waals surface area contributed by atoms with Crippen LogP contribution in [0.5, 0.6) is 0 Å². The summed E-state index contributed by atoms with van der Waals surface area (Å²) < 4.78 is 5.69. The van der Waals surface area contributed by atoms with Crippen LogP contribution in [0.25, 0.3) is 0 Å². The average molecular weight is 400 g/mol. The van der Waals surface area contributed by atoms with Crippen molar-refractivity contribution >= 4 is 17.2 Å². The van der Waals surface area contributed by atoms with Gasteiger partial charge in [0.2, 0.25) is 0 Å². The maximum absolute atomic E-state index is 13.0. The predicted octanol–water partition coefficient (Wildman–Crippen LogP) is 3.51. The lowest BCUT2D eigenvalue weighted by molar-refractivity contribution is 0.0586. The number of aromatic nitrogens is 1. The predicted molar refractivity (Wildman–Crippen MR) is 112 cm³/mol. The number of carbonyl (C=O) groups excluding carboxylic acids is 1. The van der Waals surface area contributed by atoms with Gasteiger partial charge < -0.3 is 9.64 Å². The molecule has 28 heavy (non-hydrogen) atoms. The fourth-order valence-corrected chi connectivity index (χ4v) is 5.18. The summed E-state index contributed by atoms with van der Waals surface area (Å²) in [5.74, 6) is 0.137. The lowest BCUT2D eigenvalue weighted by Crippen LogP contribution is -2.35. The van der Waals surface area contributed by atoms with Crippen LogP contribution < -0.4 is 0 Å². The van der Waals surface area contributed by atoms with Crippen molar-refractivity contribution in [1.29, 1.82) is 0 Å². The van der Waals surface area contributed by atoms with Gasteiger partial charge in [-0.3, -0.25) is 14.7 Å². The van der Waals surface area contributed by atoms with Gasteiger partial charge in [-0.2, -0.15) is 0 Å². The smallest absolute Gasteiger partial charge is 0.254 e. The van der Waals surface area contributed by atoms with Gasteiger partial charge in [-0.25, -0.2) is 0 Å². The maximum Gasteiger partial charge on any atom is 0.254 e. The van der Waals surface area contributed by atoms with Crippen LogP contribution in [0.1, 0.15) is 51.8 Å². The number of thiophene rings is 1. The third-order valence-electron chi connectivity index (χ3n) is 5.78. The minimum absolute atomic E-state index is 0.137. The van der Waals surface area contributed by atoms with E-state index in [1.807, 2.05) is 18.1 Å². The van der Waals surface area contributed by atoms with E-state index in [4.69, 9.17) is 4.74 Å². The van der Waals surface area contributed by atoms with E-state index in [1.54, 1.807) is 11.3 Å². The highest BCUT2D eigenvalue weighted by Gasteiger charge is 2.27. The molecule has 2 aliphatic rings. The van der Waals surface area contributed by atoms with Crippen LogP contribution in [0.4, 0.5) is 0 Å². The summed E-state index contributed by atoms with van der Waals surface area (Å²) in [6, 6.07) is 4.31. The largest absolute Gasteiger partial charge is 0.376 e. The molecule has 1 atom stereocenters. The van der Waals surface area contributed by atoms with Crippen LogP contribution in [-0.4, -0.2) is 53.5 Å². The summed E-state index contributed by atoms with van der Waals surface area (Å²) in [5, 5.41) is 2.05. The van der Waals surface area contributed by atoms with Gasteiger partial charge in [0.05, 0.1) is 17.4 Å². The minimum atomic E-state index is 0.137. The van der Waals surface area contributed by atoms with Crippen LogP contribution in [0, 0.1) is 0 Å². The molecule has 0 N–H and O–H groups in total. The third-order valence-corrected chi connectivity index (χ3v) is 6.80. The highest BCUT2D eigenvalue weighted by molar-refractivity contribution is 7.10. The van der Waals surface area contributed by atoms with Gasteiger partial charge in [0, 0.05) is 56.3 Å². The average Bonchev–Trinajstić information content (AvgIpc) is 3.37. The number of amides is 1. The number of ether oxygens (including phenoxy) is 1. The van der Waals surface area contributed by atoms with Crippen molar-refractivity contribution in [2.24, 2.45) is 0 Å². The minimum Gasteiger partial charge on any atom is -0.376 e. The summed E-state index contributed by atoms with van der Waals surface area (Å²) in [4.78, 5) is 23.1. The molecule has 6 heteroatoms. The summed E-state index contributed by atoms with van der Waals surface area (Å²) in [6.07, 6.45) is 6.30. The molecule has 2 aliphatic heterocycles. The molecule has 1 fully saturated rings. The molecule has 0 radical (unpaired) electrons. The second-order valence-electron chi connectivity index (χ2n) is 7.84. The highest BCUT2D eigenvalue weighted by Crippen LogP contribution is 2.30. The first-order valence-corrected chi connectivity index (χ1v) is 11.1. The summed E-state index contributed by atoms with van der Waals surface area (Å²) in [6.45, 7) is 6.40. The van der Waals surface area contributed by atoms with E-state index in [0.29, 0.717) is 6.54 Å². The number of nitrogens with zero attached hydrogens (tertiary/aromatic N) is 3. The van der Waals surface area contributed by atoms with Crippen LogP contribution >= 0.6 is 11.3 Å². The van der Waals surface area contributed by atoms with E-state index in [9.17, 15) is 4.79 Å². The van der Waals surface area contributed by atoms with Crippen molar-refractivity contribution in [2.75, 3.05) is 26.7 Å². The number of aryl methyl sites for hydroxylation is 1. The van der Waals surface area contributed by atoms with Gasteiger partial charge in [-0.1, -0.05) is 13.0 Å². The van der Waals surface area contributed by atoms with E-state index in [0.717, 1.165) is 63.2 Å². The monoisotopic (exact) mass is 399 g/mol. The molecule has 4 rings (SSSR count). The zero-order valence-corrected chi connectivity index (χ0v) is 17.6. The molecule has 0 aromatic carbocycles. The van der Waals surface area contributed by atoms with Crippen molar-refractivity contribution in [3.63, 3.8) is 0 Å². The van der Waals surface area contributed by atoms with Gasteiger partial charge >= 0.3 is 0 Å². The molecule has 0 bridgehead atoms. The quantitative estimate of drug-likeness (QED) is 0.746. The fourth-order valence-electron chi connectivity index (χ4n) is 4.07. The topological polar surface area (TPSA) is 45.7 Å². The van der Waals surface area contributed by atoms with Crippen LogP contribution in [0.2, 0.25) is 0 Å². The van der Waals surface area contributed by atoms with Crippen molar-refractivity contribution in [3.8, 4) is 0 Å². The van der Waals surface area contributed by atoms with Crippen molar-refractivity contribution in [3.05, 3.63) is 51.0 Å². The Morgan fingerprint density at radius 1 is 1.43 bits per heavy atom. The molecule has 2 aromatic rings. The van der Waals surface area contributed by atoms with Crippen molar-refractivity contribution in [2.45, 2.75) is 51.8 Å². The van der Waals surface area contributed by atoms with Gasteiger partial charge in [-0.15, -0.1) is 11.3 Å². The number of carbonyl (C=O) groups is 1. The van der Waals surface area contributed by atoms with Crippen LogP contribution in [0.3, 0.4) is 0 Å². The number of hydrogen-bond donors (Lipinski definition) is 0. The first-order chi connectivity index (χ1) is 13.6. The van der Waals surface area contributed by atoms with Crippen molar-refractivity contribution in [1.82, 2.24) is 14.8 Å². The zero-order chi connectivity index (χ0) is 19.5. The number of pyridine rings is 1. The normalized spacial score (nSPS) is 19.6. The first kappa shape index (κ1) is 19.6. The molecule has 0 aliphatic carbocycles. The summed E-state index contributed by atoms with van der Waals surface area (Å²) in [7, 11) is 1.90. The summed E-state index contributed by atoms with van der Waals surface area (Å²) in [5.41, 5.74) is 4.54. The lowest BCUT2D eigenvalue weighted by atomic mass is 10.0. The Morgan fingerprint density at radius 2 is 2.32 bits per heavy atom. The second-order valence-corrected chi connectivity index (χ2v) is 8.81. The second kappa shape index (κ2) is 8.72. The van der Waals surface area contributed by atoms with Crippen molar-refractivity contribution < 1.29 is 9.53 Å². The molecule has 5 nitrogen and oxygen atoms in total. The Bertz CT molecular complexity index is 812. The SMILES string of the molecule is CCc1ccc(CN2CCc3c(C(=O)N(C)C[C@@H]4CCCO4)csc3C2)nc1. The molecular formula is C22H29N3O2S. The fraction of sp³-hybridized carbons (Fsp3) is 0.545. The molecular weight excluding hydrogens is 370 g/mol. The number of hydrogen-bond acceptors (Lipinski definition) is 5. The van der Waals surface area contributed by atoms with Gasteiger partial charge in [0.15, 0.2) is 0 Å². The lowest BCUT2D eigenvalue weighted by Gasteiger charge is -2.27. The molecule has 1 amide bonds. The standard InChI is InChI=1S/C22H29N3O2S/c1-3-16-6-7-17(23-11-16)12-25-9-8-19-20(15-28-21(19)14-25)22(26)24(2)13-18-5-4-10-27-18/h6-7,11,15,18H,3-5,8-10,12-14H2,1-2H3/t18-/m0/s1. The third kappa shape index (κ3) is 4.29. The van der Waals surface area contributed by atoms with E-state index in [1.165, 1.54) is 16.0 Å². The Kier molecular flexibility index (Phi) is 6.09. The zero-order valence-electron chi connectivity index (χ0n) is 16.8. The van der Waals surface area contributed by atoms with Gasteiger partial charge in [0.1, 0.15) is 0 Å². The molecule has 0 unspecified atom stereocenters. The molecule has 4 heterocycles. The van der Waals surface area contributed by atoms with Gasteiger partial charge in [0.25, 0.3) is 5.91 Å². The number of rotatable bonds is 6. The highest BCUT2D eigenvalue weighted by atomic mass is 32.1. The van der Waals surface area contributed by atoms with E-state index < -0.39 is 0 Å². The number of likely N-dealkylation sites (N-methyl/N-ethyl adjacent to an activating group) is 1. The number of fused-ring (bicyclic) bond motifs is 1. The molecule has 150 valence electrons. The van der Waals surface area contributed by atoms with E-state index in [2.05, 4.69) is 34.3 Å². The Hall–Kier alpha value is -1.76. The molecule has 1 saturated heterocycles. The van der Waals surface area contributed by atoms with Crippen LogP contribution in [0.15, 0.2) is 23.7 Å². The van der Waals surface area contributed by atoms with E-state index >= 15 is 0 Å². The Labute approximate surface area is 171 Å². The molecule has 2 aromatic heterocycles. The summed E-state index contributed by atoms with van der Waals surface area (Å²) >= 11 is 1.72. The Balaban J connectivity index is 1.38. The van der Waals surface area contributed by atoms with E-state index in [-0.39, 0.29) is 12.0 Å². The van der Waals surface area contributed by atoms with Crippen LogP contribution in [-0.2, 0) is 30.7 Å². The maximum atomic E-state index is 13.0. The van der Waals surface area contributed by atoms with Gasteiger partial charge in [-0.05, 0) is 42.9 Å². The molecule has 0 saturated carbocycles.